The molecule has 0 saturated carbocycles. The number of nitrogens with zero attached hydrogens (tertiary/aromatic N) is 2. The number of carbonyl (C=O) groups excluding carboxylic acids is 1. The predicted molar refractivity (Wildman–Crippen MR) is 79.2 cm³/mol. The van der Waals surface area contributed by atoms with E-state index in [0.29, 0.717) is 12.1 Å². The largest absolute Gasteiger partial charge is 0.367 e. The molecule has 0 aromatic rings. The standard InChI is InChI=1S/C15H29N3O2/c1-12-11-17(20-14(19)15(2,3)4)9-10-18(12)13-5-7-16-8-6-13/h12-13,16H,5-11H2,1-4H3/t12-/m0/s1. The molecular formula is C15H29N3O2. The van der Waals surface area contributed by atoms with Crippen molar-refractivity contribution in [1.82, 2.24) is 15.3 Å². The van der Waals surface area contributed by atoms with E-state index in [4.69, 9.17) is 4.84 Å². The fourth-order valence-corrected chi connectivity index (χ4v) is 2.96. The van der Waals surface area contributed by atoms with Gasteiger partial charge in [0.25, 0.3) is 0 Å². The smallest absolute Gasteiger partial charge is 0.330 e. The molecule has 2 aliphatic rings. The molecule has 2 rings (SSSR count). The fourth-order valence-electron chi connectivity index (χ4n) is 2.96. The Balaban J connectivity index is 1.84. The Morgan fingerprint density at radius 3 is 2.40 bits per heavy atom. The van der Waals surface area contributed by atoms with Gasteiger partial charge in [-0.25, -0.2) is 4.79 Å². The second kappa shape index (κ2) is 6.41. The molecule has 0 unspecified atom stereocenters. The molecule has 2 fully saturated rings. The summed E-state index contributed by atoms with van der Waals surface area (Å²) < 4.78 is 0. The van der Waals surface area contributed by atoms with Crippen LogP contribution in [0, 0.1) is 5.41 Å². The zero-order valence-corrected chi connectivity index (χ0v) is 13.3. The van der Waals surface area contributed by atoms with Crippen LogP contribution in [0.1, 0.15) is 40.5 Å². The topological polar surface area (TPSA) is 44.8 Å². The van der Waals surface area contributed by atoms with Gasteiger partial charge in [0.05, 0.1) is 12.0 Å². The van der Waals surface area contributed by atoms with Crippen LogP contribution in [0.2, 0.25) is 0 Å². The summed E-state index contributed by atoms with van der Waals surface area (Å²) in [6.45, 7) is 12.8. The van der Waals surface area contributed by atoms with E-state index in [1.807, 2.05) is 25.8 Å². The lowest BCUT2D eigenvalue weighted by Crippen LogP contribution is -2.57. The average Bonchev–Trinajstić information content (AvgIpc) is 2.38. The summed E-state index contributed by atoms with van der Waals surface area (Å²) in [6.07, 6.45) is 2.46. The summed E-state index contributed by atoms with van der Waals surface area (Å²) in [4.78, 5) is 20.0. The van der Waals surface area contributed by atoms with Crippen molar-refractivity contribution in [1.29, 1.82) is 0 Å². The van der Waals surface area contributed by atoms with Crippen LogP contribution < -0.4 is 5.32 Å². The Morgan fingerprint density at radius 1 is 1.20 bits per heavy atom. The number of nitrogens with one attached hydrogen (secondary N) is 1. The van der Waals surface area contributed by atoms with Crippen LogP contribution in [-0.2, 0) is 9.63 Å². The number of rotatable bonds is 2. The highest BCUT2D eigenvalue weighted by molar-refractivity contribution is 5.75. The third-order valence-electron chi connectivity index (χ3n) is 4.24. The zero-order chi connectivity index (χ0) is 14.8. The van der Waals surface area contributed by atoms with Crippen molar-refractivity contribution in [3.8, 4) is 0 Å². The fraction of sp³-hybridized carbons (Fsp3) is 0.933. The molecule has 2 aliphatic heterocycles. The first-order valence-corrected chi connectivity index (χ1v) is 7.82. The van der Waals surface area contributed by atoms with Gasteiger partial charge in [-0.2, -0.15) is 0 Å². The number of piperidine rings is 1. The van der Waals surface area contributed by atoms with Gasteiger partial charge in [-0.15, -0.1) is 5.06 Å². The second-order valence-electron chi connectivity index (χ2n) is 7.08. The van der Waals surface area contributed by atoms with Gasteiger partial charge < -0.3 is 10.2 Å². The first kappa shape index (κ1) is 15.7. The number of piperazine rings is 1. The van der Waals surface area contributed by atoms with E-state index in [1.165, 1.54) is 12.8 Å². The molecule has 0 radical (unpaired) electrons. The molecule has 5 heteroatoms. The molecule has 1 N–H and O–H groups in total. The SMILES string of the molecule is C[C@H]1CN(OC(=O)C(C)(C)C)CCN1C1CCNCC1. The first-order chi connectivity index (χ1) is 9.38. The van der Waals surface area contributed by atoms with Gasteiger partial charge in [0, 0.05) is 25.2 Å². The Morgan fingerprint density at radius 2 is 1.85 bits per heavy atom. The van der Waals surface area contributed by atoms with Gasteiger partial charge in [0.15, 0.2) is 0 Å². The summed E-state index contributed by atoms with van der Waals surface area (Å²) in [7, 11) is 0. The minimum absolute atomic E-state index is 0.139. The highest BCUT2D eigenvalue weighted by Gasteiger charge is 2.33. The molecule has 2 heterocycles. The van der Waals surface area contributed by atoms with Crippen LogP contribution in [-0.4, -0.2) is 60.7 Å². The van der Waals surface area contributed by atoms with E-state index in [-0.39, 0.29) is 5.97 Å². The highest BCUT2D eigenvalue weighted by atomic mass is 16.7. The molecule has 0 aromatic carbocycles. The van der Waals surface area contributed by atoms with Crippen molar-refractivity contribution < 1.29 is 9.63 Å². The van der Waals surface area contributed by atoms with Crippen LogP contribution >= 0.6 is 0 Å². The molecule has 5 nitrogen and oxygen atoms in total. The molecule has 0 spiro atoms. The second-order valence-corrected chi connectivity index (χ2v) is 7.08. The quantitative estimate of drug-likeness (QED) is 0.826. The number of carbonyl (C=O) groups is 1. The third kappa shape index (κ3) is 3.93. The third-order valence-corrected chi connectivity index (χ3v) is 4.24. The zero-order valence-electron chi connectivity index (χ0n) is 13.3. The van der Waals surface area contributed by atoms with E-state index in [2.05, 4.69) is 17.1 Å². The summed E-state index contributed by atoms with van der Waals surface area (Å²) in [6, 6.07) is 1.13. The molecule has 0 aliphatic carbocycles. The summed E-state index contributed by atoms with van der Waals surface area (Å²) >= 11 is 0. The van der Waals surface area contributed by atoms with Crippen molar-refractivity contribution in [3.05, 3.63) is 0 Å². The molecule has 20 heavy (non-hydrogen) atoms. The Hall–Kier alpha value is -0.650. The van der Waals surface area contributed by atoms with E-state index in [0.717, 1.165) is 32.7 Å². The van der Waals surface area contributed by atoms with E-state index in [9.17, 15) is 4.79 Å². The molecular weight excluding hydrogens is 254 g/mol. The van der Waals surface area contributed by atoms with Gasteiger partial charge >= 0.3 is 5.97 Å². The lowest BCUT2D eigenvalue weighted by molar-refractivity contribution is -0.212. The lowest BCUT2D eigenvalue weighted by atomic mass is 9.98. The molecule has 1 atom stereocenters. The maximum atomic E-state index is 11.9. The normalized spacial score (nSPS) is 27.5. The van der Waals surface area contributed by atoms with E-state index >= 15 is 0 Å². The van der Waals surface area contributed by atoms with Crippen LogP contribution in [0.4, 0.5) is 0 Å². The van der Waals surface area contributed by atoms with Gasteiger partial charge in [-0.05, 0) is 53.6 Å². The van der Waals surface area contributed by atoms with Gasteiger partial charge in [0.2, 0.25) is 0 Å². The first-order valence-electron chi connectivity index (χ1n) is 7.82. The van der Waals surface area contributed by atoms with Crippen LogP contribution in [0.5, 0.6) is 0 Å². The van der Waals surface area contributed by atoms with Crippen molar-refractivity contribution in [2.45, 2.75) is 52.6 Å². The van der Waals surface area contributed by atoms with Crippen molar-refractivity contribution in [3.63, 3.8) is 0 Å². The van der Waals surface area contributed by atoms with Crippen molar-refractivity contribution in [2.24, 2.45) is 5.41 Å². The molecule has 0 aromatic heterocycles. The summed E-state index contributed by atoms with van der Waals surface area (Å²) in [5, 5.41) is 5.26. The molecule has 116 valence electrons. The van der Waals surface area contributed by atoms with Crippen LogP contribution in [0.3, 0.4) is 0 Å². The van der Waals surface area contributed by atoms with E-state index in [1.54, 1.807) is 0 Å². The van der Waals surface area contributed by atoms with Gasteiger partial charge in [-0.1, -0.05) is 0 Å². The maximum Gasteiger partial charge on any atom is 0.330 e. The Labute approximate surface area is 122 Å². The van der Waals surface area contributed by atoms with Crippen LogP contribution in [0.15, 0.2) is 0 Å². The minimum atomic E-state index is -0.435. The van der Waals surface area contributed by atoms with Crippen LogP contribution in [0.25, 0.3) is 0 Å². The number of hydrogen-bond acceptors (Lipinski definition) is 5. The maximum absolute atomic E-state index is 11.9. The number of hydrogen-bond donors (Lipinski definition) is 1. The monoisotopic (exact) mass is 283 g/mol. The Bertz CT molecular complexity index is 335. The van der Waals surface area contributed by atoms with Crippen molar-refractivity contribution >= 4 is 5.97 Å². The van der Waals surface area contributed by atoms with Gasteiger partial charge in [0.1, 0.15) is 0 Å². The minimum Gasteiger partial charge on any atom is -0.367 e. The van der Waals surface area contributed by atoms with Gasteiger partial charge in [-0.3, -0.25) is 4.90 Å². The lowest BCUT2D eigenvalue weighted by Gasteiger charge is -2.44. The summed E-state index contributed by atoms with van der Waals surface area (Å²) in [5.41, 5.74) is -0.435. The predicted octanol–water partition coefficient (Wildman–Crippen LogP) is 1.25. The Kier molecular flexibility index (Phi) is 5.04. The average molecular weight is 283 g/mol. The number of hydroxylamine groups is 2. The highest BCUT2D eigenvalue weighted by Crippen LogP contribution is 2.21. The molecule has 2 saturated heterocycles. The van der Waals surface area contributed by atoms with Crippen molar-refractivity contribution in [2.75, 3.05) is 32.7 Å². The van der Waals surface area contributed by atoms with E-state index < -0.39 is 5.41 Å². The molecule has 0 amide bonds. The summed E-state index contributed by atoms with van der Waals surface area (Å²) in [5.74, 6) is -0.139. The molecule has 0 bridgehead atoms.